The van der Waals surface area contributed by atoms with E-state index in [9.17, 15) is 4.79 Å². The van der Waals surface area contributed by atoms with E-state index in [-0.39, 0.29) is 30.1 Å². The number of guanidine groups is 1. The number of amides is 1. The molecule has 130 valence electrons. The van der Waals surface area contributed by atoms with Crippen LogP contribution in [0.25, 0.3) is 0 Å². The van der Waals surface area contributed by atoms with Gasteiger partial charge in [-0.25, -0.2) is 4.79 Å². The van der Waals surface area contributed by atoms with Crippen molar-refractivity contribution >= 4 is 36.0 Å². The Labute approximate surface area is 151 Å². The fourth-order valence-corrected chi connectivity index (χ4v) is 2.07. The largest absolute Gasteiger partial charge is 0.444 e. The van der Waals surface area contributed by atoms with Crippen LogP contribution >= 0.6 is 24.0 Å². The van der Waals surface area contributed by atoms with Crippen molar-refractivity contribution < 1.29 is 9.53 Å². The number of aliphatic imine (C=N–C) groups is 1. The summed E-state index contributed by atoms with van der Waals surface area (Å²) in [5.41, 5.74) is -0.452. The second-order valence-electron chi connectivity index (χ2n) is 6.88. The van der Waals surface area contributed by atoms with E-state index in [4.69, 9.17) is 4.74 Å². The summed E-state index contributed by atoms with van der Waals surface area (Å²) in [5.74, 6) is 0.898. The summed E-state index contributed by atoms with van der Waals surface area (Å²) < 4.78 is 5.47. The average Bonchev–Trinajstić information content (AvgIpc) is 3.09. The van der Waals surface area contributed by atoms with Gasteiger partial charge in [0.15, 0.2) is 5.96 Å². The quantitative estimate of drug-likeness (QED) is 0.394. The molecule has 0 bridgehead atoms. The summed E-state index contributed by atoms with van der Waals surface area (Å²) in [7, 11) is 7.85. The normalized spacial score (nSPS) is 13.8. The lowest BCUT2D eigenvalue weighted by Crippen LogP contribution is -2.40. The van der Waals surface area contributed by atoms with Crippen molar-refractivity contribution in [3.8, 4) is 0 Å². The summed E-state index contributed by atoms with van der Waals surface area (Å²) in [6.07, 6.45) is 1.91. The molecule has 0 unspecified atom stereocenters. The fourth-order valence-electron chi connectivity index (χ4n) is 2.07. The monoisotopic (exact) mass is 426 g/mol. The van der Waals surface area contributed by atoms with Gasteiger partial charge in [0, 0.05) is 40.8 Å². The summed E-state index contributed by atoms with van der Waals surface area (Å²) >= 11 is 0. The highest BCUT2D eigenvalue weighted by atomic mass is 127. The van der Waals surface area contributed by atoms with E-state index >= 15 is 0 Å². The first-order valence-corrected chi connectivity index (χ1v) is 7.50. The second-order valence-corrected chi connectivity index (χ2v) is 6.88. The number of halogens is 1. The van der Waals surface area contributed by atoms with Crippen LogP contribution in [0.1, 0.15) is 33.6 Å². The van der Waals surface area contributed by atoms with Crippen molar-refractivity contribution in [1.82, 2.24) is 14.7 Å². The van der Waals surface area contributed by atoms with Crippen LogP contribution in [0.15, 0.2) is 4.99 Å². The third kappa shape index (κ3) is 7.51. The Morgan fingerprint density at radius 2 is 1.64 bits per heavy atom. The van der Waals surface area contributed by atoms with Crippen molar-refractivity contribution in [2.75, 3.05) is 41.3 Å². The first kappa shape index (κ1) is 21.3. The molecule has 1 saturated carbocycles. The third-order valence-electron chi connectivity index (χ3n) is 3.01. The van der Waals surface area contributed by atoms with Crippen LogP contribution in [0.5, 0.6) is 0 Å². The van der Waals surface area contributed by atoms with Gasteiger partial charge >= 0.3 is 6.09 Å². The van der Waals surface area contributed by atoms with Crippen molar-refractivity contribution in [2.45, 2.75) is 45.3 Å². The number of hydrogen-bond acceptors (Lipinski definition) is 3. The number of ether oxygens (including phenoxy) is 1. The molecule has 0 heterocycles. The number of hydrogen-bond donors (Lipinski definition) is 0. The van der Waals surface area contributed by atoms with Gasteiger partial charge < -0.3 is 19.4 Å². The molecule has 6 nitrogen and oxygen atoms in total. The predicted octanol–water partition coefficient (Wildman–Crippen LogP) is 2.48. The SMILES string of the molecule is CN(C)C(=NCCN(C(=O)OC(C)(C)C)C1CC1)N(C)C.I. The number of carbonyl (C=O) groups excluding carboxylic acids is 1. The maximum Gasteiger partial charge on any atom is 0.410 e. The Balaban J connectivity index is 0.00000441. The van der Waals surface area contributed by atoms with Gasteiger partial charge in [0.1, 0.15) is 5.60 Å². The average molecular weight is 426 g/mol. The molecule has 1 aliphatic rings. The van der Waals surface area contributed by atoms with Crippen molar-refractivity contribution in [3.63, 3.8) is 0 Å². The molecule has 0 aromatic carbocycles. The molecule has 1 rings (SSSR count). The zero-order chi connectivity index (χ0) is 16.2. The molecule has 1 amide bonds. The van der Waals surface area contributed by atoms with Crippen LogP contribution in [-0.4, -0.2) is 79.7 Å². The highest BCUT2D eigenvalue weighted by molar-refractivity contribution is 14.0. The van der Waals surface area contributed by atoms with Gasteiger partial charge in [-0.05, 0) is 33.6 Å². The van der Waals surface area contributed by atoms with Gasteiger partial charge in [0.05, 0.1) is 6.54 Å². The highest BCUT2D eigenvalue weighted by Crippen LogP contribution is 2.28. The van der Waals surface area contributed by atoms with Gasteiger partial charge in [-0.3, -0.25) is 4.99 Å². The predicted molar refractivity (Wildman–Crippen MR) is 101 cm³/mol. The van der Waals surface area contributed by atoms with Crippen LogP contribution in [0.2, 0.25) is 0 Å². The van der Waals surface area contributed by atoms with Crippen LogP contribution in [-0.2, 0) is 4.74 Å². The molecule has 7 heteroatoms. The van der Waals surface area contributed by atoms with Crippen LogP contribution in [0.3, 0.4) is 0 Å². The zero-order valence-electron chi connectivity index (χ0n) is 14.9. The van der Waals surface area contributed by atoms with Crippen LogP contribution in [0, 0.1) is 0 Å². The van der Waals surface area contributed by atoms with E-state index in [0.717, 1.165) is 18.8 Å². The molecule has 0 aromatic rings. The van der Waals surface area contributed by atoms with E-state index < -0.39 is 5.60 Å². The Kier molecular flexibility index (Phi) is 8.49. The minimum Gasteiger partial charge on any atom is -0.444 e. The van der Waals surface area contributed by atoms with E-state index in [1.54, 1.807) is 0 Å². The maximum atomic E-state index is 12.2. The lowest BCUT2D eigenvalue weighted by Gasteiger charge is -2.27. The molecule has 0 saturated heterocycles. The Morgan fingerprint density at radius 3 is 2.00 bits per heavy atom. The second kappa shape index (κ2) is 8.79. The molecule has 0 atom stereocenters. The summed E-state index contributed by atoms with van der Waals surface area (Å²) in [5, 5.41) is 0. The molecule has 1 aliphatic carbocycles. The molecule has 0 spiro atoms. The summed E-state index contributed by atoms with van der Waals surface area (Å²) in [6, 6.07) is 0.331. The summed E-state index contributed by atoms with van der Waals surface area (Å²) in [6.45, 7) is 6.87. The first-order valence-electron chi connectivity index (χ1n) is 7.50. The van der Waals surface area contributed by atoms with Crippen molar-refractivity contribution in [3.05, 3.63) is 0 Å². The number of nitrogens with zero attached hydrogens (tertiary/aromatic N) is 4. The molecule has 0 aliphatic heterocycles. The molecular formula is C15H31IN4O2. The number of carbonyl (C=O) groups is 1. The van der Waals surface area contributed by atoms with Crippen LogP contribution in [0.4, 0.5) is 4.79 Å². The summed E-state index contributed by atoms with van der Waals surface area (Å²) in [4.78, 5) is 22.5. The third-order valence-corrected chi connectivity index (χ3v) is 3.01. The lowest BCUT2D eigenvalue weighted by atomic mass is 10.2. The van der Waals surface area contributed by atoms with E-state index in [0.29, 0.717) is 19.1 Å². The topological polar surface area (TPSA) is 48.4 Å². The van der Waals surface area contributed by atoms with Crippen molar-refractivity contribution in [2.24, 2.45) is 4.99 Å². The minimum atomic E-state index is -0.452. The molecule has 22 heavy (non-hydrogen) atoms. The molecule has 0 N–H and O–H groups in total. The highest BCUT2D eigenvalue weighted by Gasteiger charge is 2.34. The smallest absolute Gasteiger partial charge is 0.410 e. The fraction of sp³-hybridized carbons (Fsp3) is 0.867. The lowest BCUT2D eigenvalue weighted by molar-refractivity contribution is 0.0240. The van der Waals surface area contributed by atoms with Gasteiger partial charge in [-0.2, -0.15) is 0 Å². The first-order chi connectivity index (χ1) is 9.61. The van der Waals surface area contributed by atoms with Gasteiger partial charge in [-0.1, -0.05) is 0 Å². The van der Waals surface area contributed by atoms with Crippen LogP contribution < -0.4 is 0 Å². The Bertz CT molecular complexity index is 377. The Hall–Kier alpha value is -0.730. The van der Waals surface area contributed by atoms with E-state index in [1.807, 2.05) is 63.7 Å². The zero-order valence-corrected chi connectivity index (χ0v) is 17.2. The van der Waals surface area contributed by atoms with Gasteiger partial charge in [0.25, 0.3) is 0 Å². The standard InChI is InChI=1S/C15H30N4O2.HI/c1-15(2,3)21-14(20)19(12-8-9-12)11-10-16-13(17(4)5)18(6)7;/h12H,8-11H2,1-7H3;1H. The van der Waals surface area contributed by atoms with E-state index in [2.05, 4.69) is 4.99 Å². The maximum absolute atomic E-state index is 12.2. The molecule has 1 fully saturated rings. The van der Waals surface area contributed by atoms with Gasteiger partial charge in [0.2, 0.25) is 0 Å². The number of rotatable bonds is 4. The Morgan fingerprint density at radius 1 is 1.14 bits per heavy atom. The molecular weight excluding hydrogens is 395 g/mol. The molecule has 0 radical (unpaired) electrons. The van der Waals surface area contributed by atoms with Crippen molar-refractivity contribution in [1.29, 1.82) is 0 Å². The molecule has 0 aromatic heterocycles. The van der Waals surface area contributed by atoms with Gasteiger partial charge in [-0.15, -0.1) is 24.0 Å². The minimum absolute atomic E-state index is 0. The van der Waals surface area contributed by atoms with E-state index in [1.165, 1.54) is 0 Å².